The van der Waals surface area contributed by atoms with Crippen LogP contribution in [0, 0.1) is 0 Å². The summed E-state index contributed by atoms with van der Waals surface area (Å²) in [5.74, 6) is -0.975. The standard InChI is InChI=1S/C11H17N3O3/c1-11(10(12)17,13-7-2-3-7)6-14-8(15)4-5-9(14)16/h7,13H,2-6H2,1H3,(H2,12,17). The molecule has 6 nitrogen and oxygen atoms in total. The monoisotopic (exact) mass is 239 g/mol. The lowest BCUT2D eigenvalue weighted by molar-refractivity contribution is -0.140. The molecular formula is C11H17N3O3. The van der Waals surface area contributed by atoms with Crippen LogP contribution in [0.15, 0.2) is 0 Å². The lowest BCUT2D eigenvalue weighted by Crippen LogP contribution is -2.61. The number of nitrogens with one attached hydrogen (secondary N) is 1. The minimum atomic E-state index is -1.02. The van der Waals surface area contributed by atoms with Crippen molar-refractivity contribution < 1.29 is 14.4 Å². The molecule has 0 spiro atoms. The van der Waals surface area contributed by atoms with Gasteiger partial charge in [0.25, 0.3) is 0 Å². The smallest absolute Gasteiger partial charge is 0.239 e. The highest BCUT2D eigenvalue weighted by molar-refractivity contribution is 6.02. The summed E-state index contributed by atoms with van der Waals surface area (Å²) < 4.78 is 0. The van der Waals surface area contributed by atoms with Crippen molar-refractivity contribution in [3.63, 3.8) is 0 Å². The van der Waals surface area contributed by atoms with Crippen molar-refractivity contribution >= 4 is 17.7 Å². The maximum atomic E-state index is 11.5. The van der Waals surface area contributed by atoms with Crippen LogP contribution in [0.5, 0.6) is 0 Å². The van der Waals surface area contributed by atoms with E-state index in [2.05, 4.69) is 5.32 Å². The normalized spacial score (nSPS) is 23.9. The van der Waals surface area contributed by atoms with Gasteiger partial charge in [-0.15, -0.1) is 0 Å². The predicted octanol–water partition coefficient (Wildman–Crippen LogP) is -0.869. The number of carbonyl (C=O) groups is 3. The zero-order valence-corrected chi connectivity index (χ0v) is 9.86. The largest absolute Gasteiger partial charge is 0.368 e. The number of imide groups is 1. The Bertz CT molecular complexity index is 362. The van der Waals surface area contributed by atoms with Crippen molar-refractivity contribution in [2.75, 3.05) is 6.54 Å². The molecule has 6 heteroatoms. The Hall–Kier alpha value is -1.43. The van der Waals surface area contributed by atoms with E-state index in [1.807, 2.05) is 0 Å². The van der Waals surface area contributed by atoms with Gasteiger partial charge >= 0.3 is 0 Å². The molecule has 0 aromatic carbocycles. The minimum Gasteiger partial charge on any atom is -0.368 e. The summed E-state index contributed by atoms with van der Waals surface area (Å²) >= 11 is 0. The Labute approximate surface area is 99.5 Å². The second kappa shape index (κ2) is 4.10. The van der Waals surface area contributed by atoms with Crippen LogP contribution in [0.4, 0.5) is 0 Å². The van der Waals surface area contributed by atoms with Gasteiger partial charge in [0.05, 0.1) is 6.54 Å². The summed E-state index contributed by atoms with van der Waals surface area (Å²) in [5.41, 5.74) is 4.35. The van der Waals surface area contributed by atoms with Crippen molar-refractivity contribution in [3.05, 3.63) is 0 Å². The molecule has 0 aromatic rings. The van der Waals surface area contributed by atoms with Crippen molar-refractivity contribution in [1.82, 2.24) is 10.2 Å². The molecule has 94 valence electrons. The summed E-state index contributed by atoms with van der Waals surface area (Å²) in [4.78, 5) is 35.7. The molecule has 1 unspecified atom stereocenters. The molecule has 2 rings (SSSR count). The van der Waals surface area contributed by atoms with Gasteiger partial charge in [-0.05, 0) is 19.8 Å². The third-order valence-corrected chi connectivity index (χ3v) is 3.27. The number of nitrogens with two attached hydrogens (primary N) is 1. The van der Waals surface area contributed by atoms with E-state index < -0.39 is 11.4 Å². The number of carbonyl (C=O) groups excluding carboxylic acids is 3. The summed E-state index contributed by atoms with van der Waals surface area (Å²) in [7, 11) is 0. The molecule has 2 fully saturated rings. The number of primary amides is 1. The Morgan fingerprint density at radius 3 is 2.35 bits per heavy atom. The molecule has 1 heterocycles. The molecule has 0 radical (unpaired) electrons. The SMILES string of the molecule is CC(CN1C(=O)CCC1=O)(NC1CC1)C(N)=O. The molecular weight excluding hydrogens is 222 g/mol. The first-order valence-corrected chi connectivity index (χ1v) is 5.83. The lowest BCUT2D eigenvalue weighted by Gasteiger charge is -2.31. The Morgan fingerprint density at radius 1 is 1.41 bits per heavy atom. The summed E-state index contributed by atoms with van der Waals surface area (Å²) in [6.07, 6.45) is 2.48. The van der Waals surface area contributed by atoms with Gasteiger partial charge in [-0.3, -0.25) is 24.6 Å². The van der Waals surface area contributed by atoms with Gasteiger partial charge in [0.15, 0.2) is 0 Å². The van der Waals surface area contributed by atoms with E-state index in [0.29, 0.717) is 0 Å². The Balaban J connectivity index is 2.08. The number of rotatable bonds is 5. The number of nitrogens with zero attached hydrogens (tertiary/aromatic N) is 1. The van der Waals surface area contributed by atoms with Gasteiger partial charge in [-0.2, -0.15) is 0 Å². The second-order valence-electron chi connectivity index (χ2n) is 4.99. The van der Waals surface area contributed by atoms with Crippen LogP contribution >= 0.6 is 0 Å². The molecule has 0 bridgehead atoms. The highest BCUT2D eigenvalue weighted by atomic mass is 16.2. The van der Waals surface area contributed by atoms with Crippen LogP contribution in [0.3, 0.4) is 0 Å². The van der Waals surface area contributed by atoms with Crippen LogP contribution in [-0.4, -0.2) is 40.7 Å². The van der Waals surface area contributed by atoms with Crippen LogP contribution < -0.4 is 11.1 Å². The van der Waals surface area contributed by atoms with E-state index in [4.69, 9.17) is 5.73 Å². The molecule has 1 atom stereocenters. The van der Waals surface area contributed by atoms with E-state index in [9.17, 15) is 14.4 Å². The third kappa shape index (κ3) is 2.46. The van der Waals surface area contributed by atoms with E-state index in [0.717, 1.165) is 17.7 Å². The van der Waals surface area contributed by atoms with Crippen molar-refractivity contribution in [3.8, 4) is 0 Å². The van der Waals surface area contributed by atoms with Gasteiger partial charge < -0.3 is 5.73 Å². The van der Waals surface area contributed by atoms with Crippen LogP contribution in [0.1, 0.15) is 32.6 Å². The first kappa shape index (κ1) is 12.0. The van der Waals surface area contributed by atoms with Gasteiger partial charge in [-0.1, -0.05) is 0 Å². The molecule has 1 aliphatic carbocycles. The predicted molar refractivity (Wildman–Crippen MR) is 59.7 cm³/mol. The zero-order valence-electron chi connectivity index (χ0n) is 9.86. The number of likely N-dealkylation sites (tertiary alicyclic amines) is 1. The fourth-order valence-corrected chi connectivity index (χ4v) is 1.99. The highest BCUT2D eigenvalue weighted by Crippen LogP contribution is 2.24. The summed E-state index contributed by atoms with van der Waals surface area (Å²) in [6.45, 7) is 1.68. The number of hydrogen-bond acceptors (Lipinski definition) is 4. The van der Waals surface area contributed by atoms with Crippen LogP contribution in [0.2, 0.25) is 0 Å². The van der Waals surface area contributed by atoms with Crippen molar-refractivity contribution in [2.24, 2.45) is 5.73 Å². The number of amides is 3. The first-order valence-electron chi connectivity index (χ1n) is 5.83. The van der Waals surface area contributed by atoms with Gasteiger partial charge in [0.1, 0.15) is 5.54 Å². The minimum absolute atomic E-state index is 0.0382. The van der Waals surface area contributed by atoms with Gasteiger partial charge in [0.2, 0.25) is 17.7 Å². The average molecular weight is 239 g/mol. The maximum absolute atomic E-state index is 11.5. The highest BCUT2D eigenvalue weighted by Gasteiger charge is 2.42. The summed E-state index contributed by atoms with van der Waals surface area (Å²) in [6, 6.07) is 0.278. The second-order valence-corrected chi connectivity index (χ2v) is 4.99. The third-order valence-electron chi connectivity index (χ3n) is 3.27. The Morgan fingerprint density at radius 2 is 1.94 bits per heavy atom. The molecule has 1 saturated carbocycles. The van der Waals surface area contributed by atoms with Gasteiger partial charge in [-0.25, -0.2) is 0 Å². The Kier molecular flexibility index (Phi) is 2.91. The van der Waals surface area contributed by atoms with E-state index >= 15 is 0 Å². The molecule has 1 saturated heterocycles. The number of hydrogen-bond donors (Lipinski definition) is 2. The van der Waals surface area contributed by atoms with Crippen LogP contribution in [-0.2, 0) is 14.4 Å². The average Bonchev–Trinajstić information content (AvgIpc) is 3.00. The first-order chi connectivity index (χ1) is 7.92. The van der Waals surface area contributed by atoms with E-state index in [1.165, 1.54) is 0 Å². The lowest BCUT2D eigenvalue weighted by atomic mass is 10.0. The van der Waals surface area contributed by atoms with E-state index in [-0.39, 0.29) is 37.2 Å². The topological polar surface area (TPSA) is 92.5 Å². The molecule has 2 aliphatic rings. The maximum Gasteiger partial charge on any atom is 0.239 e. The fourth-order valence-electron chi connectivity index (χ4n) is 1.99. The molecule has 0 aromatic heterocycles. The fraction of sp³-hybridized carbons (Fsp3) is 0.727. The van der Waals surface area contributed by atoms with Crippen LogP contribution in [0.25, 0.3) is 0 Å². The van der Waals surface area contributed by atoms with Crippen molar-refractivity contribution in [1.29, 1.82) is 0 Å². The molecule has 1 aliphatic heterocycles. The summed E-state index contributed by atoms with van der Waals surface area (Å²) in [5, 5.41) is 3.11. The quantitative estimate of drug-likeness (QED) is 0.610. The molecule has 3 amide bonds. The molecule has 17 heavy (non-hydrogen) atoms. The van der Waals surface area contributed by atoms with Crippen molar-refractivity contribution in [2.45, 2.75) is 44.2 Å². The van der Waals surface area contributed by atoms with E-state index in [1.54, 1.807) is 6.92 Å². The molecule has 3 N–H and O–H groups in total. The van der Waals surface area contributed by atoms with Gasteiger partial charge in [0, 0.05) is 18.9 Å². The zero-order chi connectivity index (χ0) is 12.6.